The van der Waals surface area contributed by atoms with Gasteiger partial charge in [-0.15, -0.1) is 0 Å². The Morgan fingerprint density at radius 2 is 2.00 bits per heavy atom. The molecule has 0 aliphatic heterocycles. The van der Waals surface area contributed by atoms with Gasteiger partial charge in [0.1, 0.15) is 11.9 Å². The van der Waals surface area contributed by atoms with E-state index in [9.17, 15) is 4.79 Å². The second-order valence-corrected chi connectivity index (χ2v) is 6.17. The van der Waals surface area contributed by atoms with Gasteiger partial charge in [-0.25, -0.2) is 14.8 Å². The first-order chi connectivity index (χ1) is 9.21. The van der Waals surface area contributed by atoms with Gasteiger partial charge in [0.15, 0.2) is 0 Å². The van der Waals surface area contributed by atoms with Gasteiger partial charge in [0.05, 0.1) is 16.9 Å². The van der Waals surface area contributed by atoms with Gasteiger partial charge in [-0.05, 0) is 20.8 Å². The monoisotopic (exact) mass is 278 g/mol. The van der Waals surface area contributed by atoms with Gasteiger partial charge in [-0.3, -0.25) is 0 Å². The zero-order chi connectivity index (χ0) is 15.1. The summed E-state index contributed by atoms with van der Waals surface area (Å²) in [5, 5.41) is 0. The van der Waals surface area contributed by atoms with E-state index in [4.69, 9.17) is 9.47 Å². The molecule has 0 unspecified atom stereocenters. The van der Waals surface area contributed by atoms with Crippen molar-refractivity contribution in [2.24, 2.45) is 5.41 Å². The van der Waals surface area contributed by atoms with Crippen molar-refractivity contribution in [3.8, 4) is 0 Å². The number of carbonyl (C=O) groups excluding carboxylic acids is 1. The van der Waals surface area contributed by atoms with Gasteiger partial charge in [0.2, 0.25) is 0 Å². The van der Waals surface area contributed by atoms with E-state index < -0.39 is 0 Å². The molecule has 0 N–H and O–H groups in total. The molecule has 5 nitrogen and oxygen atoms in total. The molecule has 1 aromatic heterocycles. The van der Waals surface area contributed by atoms with E-state index in [0.29, 0.717) is 23.5 Å². The Morgan fingerprint density at radius 1 is 1.35 bits per heavy atom. The highest BCUT2D eigenvalue weighted by atomic mass is 16.6. The van der Waals surface area contributed by atoms with Gasteiger partial charge in [0, 0.05) is 25.1 Å². The van der Waals surface area contributed by atoms with Crippen molar-refractivity contribution in [1.29, 1.82) is 0 Å². The van der Waals surface area contributed by atoms with Crippen LogP contribution < -0.4 is 0 Å². The van der Waals surface area contributed by atoms with E-state index in [1.54, 1.807) is 21.0 Å². The fourth-order valence-corrected chi connectivity index (χ4v) is 2.59. The average Bonchev–Trinajstić information content (AvgIpc) is 2.37. The zero-order valence-electron chi connectivity index (χ0n) is 13.0. The Kier molecular flexibility index (Phi) is 3.58. The second kappa shape index (κ2) is 4.81. The van der Waals surface area contributed by atoms with Crippen LogP contribution in [-0.4, -0.2) is 34.8 Å². The average molecular weight is 278 g/mol. The highest BCUT2D eigenvalue weighted by molar-refractivity contribution is 5.90. The summed E-state index contributed by atoms with van der Waals surface area (Å²) in [6.07, 6.45) is 2.08. The number of carbonyl (C=O) groups is 1. The molecule has 1 aliphatic rings. The molecule has 0 amide bonds. The first kappa shape index (κ1) is 14.9. The normalized spacial score (nSPS) is 27.8. The molecule has 1 aliphatic carbocycles. The number of aromatic nitrogens is 2. The van der Waals surface area contributed by atoms with Crippen molar-refractivity contribution in [1.82, 2.24) is 9.97 Å². The maximum atomic E-state index is 12.2. The Labute approximate surface area is 119 Å². The Bertz CT molecular complexity index is 542. The molecular weight excluding hydrogens is 256 g/mol. The largest absolute Gasteiger partial charge is 0.458 e. The van der Waals surface area contributed by atoms with Crippen LogP contribution in [0.2, 0.25) is 0 Å². The van der Waals surface area contributed by atoms with E-state index >= 15 is 0 Å². The minimum atomic E-state index is -0.362. The maximum Gasteiger partial charge on any atom is 0.341 e. The summed E-state index contributed by atoms with van der Waals surface area (Å²) in [6.45, 7) is 9.72. The fraction of sp³-hybridized carbons (Fsp3) is 0.667. The third kappa shape index (κ3) is 2.20. The summed E-state index contributed by atoms with van der Waals surface area (Å²) in [7, 11) is 1.69. The topological polar surface area (TPSA) is 61.3 Å². The van der Waals surface area contributed by atoms with Crippen LogP contribution in [0.25, 0.3) is 0 Å². The predicted molar refractivity (Wildman–Crippen MR) is 74.5 cm³/mol. The molecule has 1 aromatic rings. The summed E-state index contributed by atoms with van der Waals surface area (Å²) in [5.74, 6) is 0.286. The van der Waals surface area contributed by atoms with Crippen molar-refractivity contribution in [2.75, 3.05) is 7.11 Å². The summed E-state index contributed by atoms with van der Waals surface area (Å²) in [5.41, 5.74) is 0.611. The lowest BCUT2D eigenvalue weighted by atomic mass is 9.57. The lowest BCUT2D eigenvalue weighted by Crippen LogP contribution is -2.64. The van der Waals surface area contributed by atoms with E-state index in [1.807, 2.05) is 6.92 Å². The molecule has 0 aromatic carbocycles. The third-order valence-corrected chi connectivity index (χ3v) is 4.76. The van der Waals surface area contributed by atoms with Crippen LogP contribution in [0.3, 0.4) is 0 Å². The fourth-order valence-electron chi connectivity index (χ4n) is 2.59. The van der Waals surface area contributed by atoms with Gasteiger partial charge in [-0.1, -0.05) is 13.8 Å². The number of methoxy groups -OCH3 is 1. The maximum absolute atomic E-state index is 12.2. The lowest BCUT2D eigenvalue weighted by Gasteiger charge is -2.57. The van der Waals surface area contributed by atoms with E-state index in [2.05, 4.69) is 23.8 Å². The van der Waals surface area contributed by atoms with Gasteiger partial charge >= 0.3 is 5.97 Å². The smallest absolute Gasteiger partial charge is 0.341 e. The van der Waals surface area contributed by atoms with E-state index in [-0.39, 0.29) is 23.1 Å². The van der Waals surface area contributed by atoms with Crippen LogP contribution in [0.15, 0.2) is 6.20 Å². The van der Waals surface area contributed by atoms with Crippen LogP contribution in [-0.2, 0) is 9.47 Å². The molecule has 0 bridgehead atoms. The first-order valence-corrected chi connectivity index (χ1v) is 6.77. The molecule has 20 heavy (non-hydrogen) atoms. The standard InChI is InChI=1S/C15H22N2O3/c1-9-11(8-16-10(2)17-9)13(18)20-12-7-15(5,19-6)14(12,3)4/h8,12H,7H2,1-6H3/t12-,15+/m1/s1. The third-order valence-electron chi connectivity index (χ3n) is 4.76. The van der Waals surface area contributed by atoms with Crippen LogP contribution >= 0.6 is 0 Å². The van der Waals surface area contributed by atoms with Crippen LogP contribution in [0, 0.1) is 19.3 Å². The zero-order valence-corrected chi connectivity index (χ0v) is 13.0. The van der Waals surface area contributed by atoms with E-state index in [1.165, 1.54) is 6.20 Å². The van der Waals surface area contributed by atoms with E-state index in [0.717, 1.165) is 0 Å². The molecule has 1 saturated carbocycles. The molecule has 0 radical (unpaired) electrons. The molecule has 1 fully saturated rings. The first-order valence-electron chi connectivity index (χ1n) is 6.77. The highest BCUT2D eigenvalue weighted by Crippen LogP contribution is 2.53. The van der Waals surface area contributed by atoms with Crippen LogP contribution in [0.1, 0.15) is 49.1 Å². The second-order valence-electron chi connectivity index (χ2n) is 6.17. The number of aryl methyl sites for hydroxylation is 2. The minimum absolute atomic E-state index is 0.152. The molecular formula is C15H22N2O3. The molecule has 1 heterocycles. The lowest BCUT2D eigenvalue weighted by molar-refractivity contribution is -0.229. The SMILES string of the molecule is CO[C@@]1(C)C[C@@H](OC(=O)c2cnc(C)nc2C)C1(C)C. The summed E-state index contributed by atoms with van der Waals surface area (Å²) in [4.78, 5) is 20.5. The van der Waals surface area contributed by atoms with Gasteiger partial charge in [-0.2, -0.15) is 0 Å². The van der Waals surface area contributed by atoms with Crippen molar-refractivity contribution in [3.05, 3.63) is 23.3 Å². The summed E-state index contributed by atoms with van der Waals surface area (Å²) < 4.78 is 11.1. The van der Waals surface area contributed by atoms with Gasteiger partial charge in [0.25, 0.3) is 0 Å². The van der Waals surface area contributed by atoms with Crippen LogP contribution in [0.4, 0.5) is 0 Å². The number of nitrogens with zero attached hydrogens (tertiary/aromatic N) is 2. The molecule has 0 saturated heterocycles. The summed E-state index contributed by atoms with van der Waals surface area (Å²) in [6, 6.07) is 0. The number of rotatable bonds is 3. The molecule has 2 atom stereocenters. The molecule has 5 heteroatoms. The Morgan fingerprint density at radius 3 is 2.50 bits per heavy atom. The highest BCUT2D eigenvalue weighted by Gasteiger charge is 2.60. The predicted octanol–water partition coefficient (Wildman–Crippen LogP) is 2.45. The van der Waals surface area contributed by atoms with Crippen molar-refractivity contribution >= 4 is 5.97 Å². The number of hydrogen-bond acceptors (Lipinski definition) is 5. The quantitative estimate of drug-likeness (QED) is 0.795. The van der Waals surface area contributed by atoms with Gasteiger partial charge < -0.3 is 9.47 Å². The Hall–Kier alpha value is -1.49. The van der Waals surface area contributed by atoms with Crippen molar-refractivity contribution in [2.45, 2.75) is 52.7 Å². The number of hydrogen-bond donors (Lipinski definition) is 0. The van der Waals surface area contributed by atoms with Crippen molar-refractivity contribution in [3.63, 3.8) is 0 Å². The Balaban J connectivity index is 2.11. The van der Waals surface area contributed by atoms with Crippen LogP contribution in [0.5, 0.6) is 0 Å². The molecule has 110 valence electrons. The minimum Gasteiger partial charge on any atom is -0.458 e. The number of esters is 1. The summed E-state index contributed by atoms with van der Waals surface area (Å²) >= 11 is 0. The number of ether oxygens (including phenoxy) is 2. The van der Waals surface area contributed by atoms with Crippen molar-refractivity contribution < 1.29 is 14.3 Å². The molecule has 0 spiro atoms. The molecule has 2 rings (SSSR count).